The Hall–Kier alpha value is -1.90. The molecule has 0 saturated carbocycles. The Bertz CT molecular complexity index is 1010. The molecule has 128 valence electrons. The topological polar surface area (TPSA) is 79.8 Å². The Balaban J connectivity index is 1.75. The number of sulfonamides is 1. The zero-order valence-electron chi connectivity index (χ0n) is 13.1. The van der Waals surface area contributed by atoms with Gasteiger partial charge in [-0.15, -0.1) is 0 Å². The number of nitrogens with zero attached hydrogens (tertiary/aromatic N) is 2. The fourth-order valence-corrected chi connectivity index (χ4v) is 3.92. The van der Waals surface area contributed by atoms with E-state index < -0.39 is 15.8 Å². The van der Waals surface area contributed by atoms with Gasteiger partial charge in [-0.05, 0) is 31.0 Å². The lowest BCUT2D eigenvalue weighted by molar-refractivity contribution is 0.580. The Morgan fingerprint density at radius 1 is 1.42 bits per heavy atom. The van der Waals surface area contributed by atoms with Crippen molar-refractivity contribution in [3.05, 3.63) is 46.6 Å². The highest BCUT2D eigenvalue weighted by Crippen LogP contribution is 2.25. The molecular formula is C15H16ClFN4O2S. The molecule has 0 atom stereocenters. The number of hydrogen-bond acceptors (Lipinski definition) is 3. The number of rotatable bonds is 5. The molecule has 0 bridgehead atoms. The largest absolute Gasteiger partial charge is 0.361 e. The molecule has 0 spiro atoms. The lowest BCUT2D eigenvalue weighted by Crippen LogP contribution is -2.26. The van der Waals surface area contributed by atoms with E-state index in [2.05, 4.69) is 14.8 Å². The molecule has 0 aliphatic rings. The molecule has 2 aromatic heterocycles. The van der Waals surface area contributed by atoms with Crippen molar-refractivity contribution in [2.45, 2.75) is 18.2 Å². The highest BCUT2D eigenvalue weighted by atomic mass is 35.5. The van der Waals surface area contributed by atoms with E-state index in [1.165, 1.54) is 23.0 Å². The van der Waals surface area contributed by atoms with Crippen LogP contribution in [0.4, 0.5) is 4.39 Å². The molecule has 2 N–H and O–H groups in total. The monoisotopic (exact) mass is 370 g/mol. The van der Waals surface area contributed by atoms with Crippen LogP contribution in [0.1, 0.15) is 11.3 Å². The zero-order valence-corrected chi connectivity index (χ0v) is 14.7. The molecule has 1 aromatic carbocycles. The van der Waals surface area contributed by atoms with Crippen molar-refractivity contribution in [2.24, 2.45) is 7.05 Å². The van der Waals surface area contributed by atoms with Gasteiger partial charge >= 0.3 is 0 Å². The SMILES string of the molecule is Cc1c(S(=O)(=O)NCCc2c[nH]c3cc(F)c(Cl)cc23)cnn1C. The van der Waals surface area contributed by atoms with Crippen molar-refractivity contribution in [3.63, 3.8) is 0 Å². The average Bonchev–Trinajstić information content (AvgIpc) is 3.05. The van der Waals surface area contributed by atoms with Crippen LogP contribution in [0, 0.1) is 12.7 Å². The van der Waals surface area contributed by atoms with Crippen molar-refractivity contribution < 1.29 is 12.8 Å². The number of aromatic nitrogens is 3. The summed E-state index contributed by atoms with van der Waals surface area (Å²) in [4.78, 5) is 3.12. The first-order valence-corrected chi connectivity index (χ1v) is 9.09. The second kappa shape index (κ2) is 6.19. The smallest absolute Gasteiger partial charge is 0.243 e. The van der Waals surface area contributed by atoms with Gasteiger partial charge in [0, 0.05) is 30.7 Å². The molecule has 9 heteroatoms. The first-order valence-electron chi connectivity index (χ1n) is 7.23. The Labute approximate surface area is 143 Å². The minimum atomic E-state index is -3.62. The van der Waals surface area contributed by atoms with Crippen LogP contribution < -0.4 is 4.72 Å². The molecule has 0 aliphatic heterocycles. The van der Waals surface area contributed by atoms with Crippen LogP contribution in [0.15, 0.2) is 29.4 Å². The van der Waals surface area contributed by atoms with Crippen LogP contribution in [0.25, 0.3) is 10.9 Å². The summed E-state index contributed by atoms with van der Waals surface area (Å²) in [5, 5.41) is 4.75. The van der Waals surface area contributed by atoms with Crippen LogP contribution in [0.3, 0.4) is 0 Å². The summed E-state index contributed by atoms with van der Waals surface area (Å²) in [6.07, 6.45) is 3.50. The van der Waals surface area contributed by atoms with E-state index in [4.69, 9.17) is 11.6 Å². The molecular weight excluding hydrogens is 355 g/mol. The maximum absolute atomic E-state index is 13.4. The summed E-state index contributed by atoms with van der Waals surface area (Å²) in [7, 11) is -1.94. The van der Waals surface area contributed by atoms with Gasteiger partial charge in [0.2, 0.25) is 10.0 Å². The Morgan fingerprint density at radius 2 is 2.17 bits per heavy atom. The zero-order chi connectivity index (χ0) is 17.5. The van der Waals surface area contributed by atoms with Gasteiger partial charge in [0.25, 0.3) is 0 Å². The van der Waals surface area contributed by atoms with Crippen LogP contribution in [0.2, 0.25) is 5.02 Å². The number of fused-ring (bicyclic) bond motifs is 1. The second-order valence-corrected chi connectivity index (χ2v) is 7.63. The van der Waals surface area contributed by atoms with Gasteiger partial charge in [-0.2, -0.15) is 5.10 Å². The van der Waals surface area contributed by atoms with E-state index in [1.807, 2.05) is 0 Å². The van der Waals surface area contributed by atoms with Crippen LogP contribution in [-0.2, 0) is 23.5 Å². The van der Waals surface area contributed by atoms with Crippen molar-refractivity contribution in [3.8, 4) is 0 Å². The van der Waals surface area contributed by atoms with E-state index in [-0.39, 0.29) is 16.5 Å². The van der Waals surface area contributed by atoms with Crippen LogP contribution in [0.5, 0.6) is 0 Å². The van der Waals surface area contributed by atoms with Crippen molar-refractivity contribution in [1.29, 1.82) is 0 Å². The number of benzene rings is 1. The molecule has 0 unspecified atom stereocenters. The van der Waals surface area contributed by atoms with Crippen molar-refractivity contribution in [1.82, 2.24) is 19.5 Å². The quantitative estimate of drug-likeness (QED) is 0.724. The third kappa shape index (κ3) is 3.04. The minimum absolute atomic E-state index is 0.0370. The minimum Gasteiger partial charge on any atom is -0.361 e. The number of H-pyrrole nitrogens is 1. The molecule has 0 saturated heterocycles. The predicted octanol–water partition coefficient (Wildman–Crippen LogP) is 2.52. The highest BCUT2D eigenvalue weighted by Gasteiger charge is 2.19. The van der Waals surface area contributed by atoms with Gasteiger partial charge in [-0.1, -0.05) is 11.6 Å². The van der Waals surface area contributed by atoms with Gasteiger partial charge in [-0.3, -0.25) is 4.68 Å². The summed E-state index contributed by atoms with van der Waals surface area (Å²) in [6, 6.07) is 2.86. The summed E-state index contributed by atoms with van der Waals surface area (Å²) >= 11 is 5.81. The third-order valence-electron chi connectivity index (χ3n) is 3.97. The normalized spacial score (nSPS) is 12.2. The highest BCUT2D eigenvalue weighted by molar-refractivity contribution is 7.89. The lowest BCUT2D eigenvalue weighted by Gasteiger charge is -2.06. The fraction of sp³-hybridized carbons (Fsp3) is 0.267. The molecule has 0 aliphatic carbocycles. The second-order valence-electron chi connectivity index (χ2n) is 5.49. The standard InChI is InChI=1S/C15H16ClFN4O2S/c1-9-15(8-19-21(9)2)24(22,23)20-4-3-10-7-18-14-6-13(17)12(16)5-11(10)14/h5-8,18,20H,3-4H2,1-2H3. The molecule has 0 fully saturated rings. The van der Waals surface area contributed by atoms with Gasteiger partial charge in [0.15, 0.2) is 0 Å². The third-order valence-corrected chi connectivity index (χ3v) is 5.83. The van der Waals surface area contributed by atoms with Crippen molar-refractivity contribution in [2.75, 3.05) is 6.54 Å². The summed E-state index contributed by atoms with van der Waals surface area (Å²) in [5.74, 6) is -0.495. The molecule has 3 rings (SSSR count). The summed E-state index contributed by atoms with van der Waals surface area (Å²) in [5.41, 5.74) is 2.05. The van der Waals surface area contributed by atoms with Gasteiger partial charge < -0.3 is 4.98 Å². The van der Waals surface area contributed by atoms with Gasteiger partial charge in [0.1, 0.15) is 10.7 Å². The molecule has 24 heavy (non-hydrogen) atoms. The molecule has 3 aromatic rings. The van der Waals surface area contributed by atoms with E-state index in [0.717, 1.165) is 10.9 Å². The first-order chi connectivity index (χ1) is 11.3. The Morgan fingerprint density at radius 3 is 2.83 bits per heavy atom. The number of aromatic amines is 1. The lowest BCUT2D eigenvalue weighted by atomic mass is 10.1. The number of hydrogen-bond donors (Lipinski definition) is 2. The van der Waals surface area contributed by atoms with E-state index in [1.54, 1.807) is 20.2 Å². The maximum atomic E-state index is 13.4. The summed E-state index contributed by atoms with van der Waals surface area (Å²) in [6.45, 7) is 1.90. The van der Waals surface area contributed by atoms with E-state index in [0.29, 0.717) is 17.6 Å². The van der Waals surface area contributed by atoms with Crippen LogP contribution >= 0.6 is 11.6 Å². The maximum Gasteiger partial charge on any atom is 0.243 e. The van der Waals surface area contributed by atoms with Gasteiger partial charge in [-0.25, -0.2) is 17.5 Å². The summed E-state index contributed by atoms with van der Waals surface area (Å²) < 4.78 is 42.1. The fourth-order valence-electron chi connectivity index (χ4n) is 2.52. The number of halogens is 2. The van der Waals surface area contributed by atoms with E-state index in [9.17, 15) is 12.8 Å². The number of nitrogens with one attached hydrogen (secondary N) is 2. The molecule has 6 nitrogen and oxygen atoms in total. The molecule has 2 heterocycles. The average molecular weight is 371 g/mol. The molecule has 0 amide bonds. The van der Waals surface area contributed by atoms with Gasteiger partial charge in [0.05, 0.1) is 16.9 Å². The molecule has 0 radical (unpaired) electrons. The van der Waals surface area contributed by atoms with E-state index >= 15 is 0 Å². The first kappa shape index (κ1) is 16.9. The number of aryl methyl sites for hydroxylation is 1. The van der Waals surface area contributed by atoms with Crippen molar-refractivity contribution >= 4 is 32.5 Å². The predicted molar refractivity (Wildman–Crippen MR) is 90.1 cm³/mol. The van der Waals surface area contributed by atoms with Crippen LogP contribution in [-0.4, -0.2) is 29.7 Å². The Kier molecular flexibility index (Phi) is 4.37.